The molecule has 0 aliphatic heterocycles. The van der Waals surface area contributed by atoms with Crippen molar-refractivity contribution in [1.82, 2.24) is 19.9 Å². The second-order valence-corrected chi connectivity index (χ2v) is 6.31. The number of aromatic nitrogens is 4. The van der Waals surface area contributed by atoms with Gasteiger partial charge in [-0.1, -0.05) is 29.4 Å². The first kappa shape index (κ1) is 14.8. The van der Waals surface area contributed by atoms with Crippen LogP contribution in [0.4, 0.5) is 5.69 Å². The average molecular weight is 334 g/mol. The lowest BCUT2D eigenvalue weighted by atomic mass is 10.3. The molecule has 0 bridgehead atoms. The zero-order valence-corrected chi connectivity index (χ0v) is 13.1. The normalized spacial score (nSPS) is 12.3. The Morgan fingerprint density at radius 2 is 2.23 bits per heavy atom. The number of fused-ring (bicyclic) bond motifs is 1. The first-order chi connectivity index (χ1) is 10.6. The van der Waals surface area contributed by atoms with E-state index in [1.165, 1.54) is 18.1 Å². The van der Waals surface area contributed by atoms with E-state index in [-0.39, 0.29) is 11.2 Å². The van der Waals surface area contributed by atoms with E-state index in [1.807, 2.05) is 6.92 Å². The van der Waals surface area contributed by atoms with Crippen LogP contribution in [0.3, 0.4) is 0 Å². The number of hydrogen-bond donors (Lipinski definition) is 2. The van der Waals surface area contributed by atoms with Gasteiger partial charge in [0.25, 0.3) is 0 Å². The van der Waals surface area contributed by atoms with Crippen molar-refractivity contribution in [2.45, 2.75) is 17.2 Å². The molecular weight excluding hydrogens is 322 g/mol. The number of imidazole rings is 1. The second-order valence-electron chi connectivity index (χ2n) is 4.54. The molecule has 8 heteroatoms. The van der Waals surface area contributed by atoms with Gasteiger partial charge in [0.2, 0.25) is 5.91 Å². The molecule has 0 saturated carbocycles. The number of carbonyl (C=O) groups excluding carboxylic acids is 1. The van der Waals surface area contributed by atoms with Gasteiger partial charge in [-0.3, -0.25) is 4.79 Å². The highest BCUT2D eigenvalue weighted by atomic mass is 35.5. The van der Waals surface area contributed by atoms with Gasteiger partial charge in [0.05, 0.1) is 11.6 Å². The van der Waals surface area contributed by atoms with Gasteiger partial charge < -0.3 is 10.3 Å². The number of thioether (sulfide) groups is 1. The average Bonchev–Trinajstić information content (AvgIpc) is 2.96. The van der Waals surface area contributed by atoms with Crippen molar-refractivity contribution in [1.29, 1.82) is 0 Å². The van der Waals surface area contributed by atoms with Crippen LogP contribution < -0.4 is 5.32 Å². The highest BCUT2D eigenvalue weighted by Gasteiger charge is 2.18. The van der Waals surface area contributed by atoms with E-state index >= 15 is 0 Å². The molecule has 2 N–H and O–H groups in total. The summed E-state index contributed by atoms with van der Waals surface area (Å²) in [5.41, 5.74) is 1.98. The van der Waals surface area contributed by atoms with Gasteiger partial charge in [0.1, 0.15) is 16.9 Å². The number of H-pyrrole nitrogens is 1. The Labute approximate surface area is 135 Å². The number of anilines is 1. The molecule has 3 rings (SSSR count). The van der Waals surface area contributed by atoms with E-state index < -0.39 is 0 Å². The molecule has 0 aliphatic carbocycles. The van der Waals surface area contributed by atoms with Gasteiger partial charge in [-0.25, -0.2) is 15.0 Å². The van der Waals surface area contributed by atoms with Gasteiger partial charge in [-0.15, -0.1) is 0 Å². The number of rotatable bonds is 4. The molecule has 0 unspecified atom stereocenters. The van der Waals surface area contributed by atoms with Crippen LogP contribution in [0.2, 0.25) is 5.02 Å². The summed E-state index contributed by atoms with van der Waals surface area (Å²) in [4.78, 5) is 27.6. The summed E-state index contributed by atoms with van der Waals surface area (Å²) in [5.74, 6) is -0.126. The molecule has 0 aliphatic rings. The molecule has 22 heavy (non-hydrogen) atoms. The number of carbonyl (C=O) groups is 1. The van der Waals surface area contributed by atoms with Crippen LogP contribution in [0.25, 0.3) is 11.2 Å². The fourth-order valence-corrected chi connectivity index (χ4v) is 2.93. The van der Waals surface area contributed by atoms with Gasteiger partial charge in [0.15, 0.2) is 5.65 Å². The van der Waals surface area contributed by atoms with Gasteiger partial charge >= 0.3 is 0 Å². The molecule has 1 amide bonds. The number of halogens is 1. The van der Waals surface area contributed by atoms with Gasteiger partial charge in [0, 0.05) is 10.7 Å². The highest BCUT2D eigenvalue weighted by molar-refractivity contribution is 8.00. The third-order valence-corrected chi connectivity index (χ3v) is 4.27. The maximum Gasteiger partial charge on any atom is 0.237 e. The SMILES string of the molecule is C[C@H](Sc1ncnc2nc[nH]c12)C(=O)Nc1cccc(Cl)c1. The van der Waals surface area contributed by atoms with E-state index in [9.17, 15) is 4.79 Å². The summed E-state index contributed by atoms with van der Waals surface area (Å²) in [6.45, 7) is 1.81. The third-order valence-electron chi connectivity index (χ3n) is 2.94. The lowest BCUT2D eigenvalue weighted by molar-refractivity contribution is -0.115. The number of nitrogens with zero attached hydrogens (tertiary/aromatic N) is 3. The molecule has 0 saturated heterocycles. The summed E-state index contributed by atoms with van der Waals surface area (Å²) >= 11 is 7.25. The number of nitrogens with one attached hydrogen (secondary N) is 2. The lowest BCUT2D eigenvalue weighted by Gasteiger charge is -2.11. The van der Waals surface area contributed by atoms with Crippen LogP contribution >= 0.6 is 23.4 Å². The largest absolute Gasteiger partial charge is 0.341 e. The Bertz CT molecular complexity index is 822. The minimum absolute atomic E-state index is 0.126. The van der Waals surface area contributed by atoms with E-state index in [2.05, 4.69) is 25.3 Å². The van der Waals surface area contributed by atoms with E-state index in [4.69, 9.17) is 11.6 Å². The van der Waals surface area contributed by atoms with Crippen LogP contribution in [-0.2, 0) is 4.79 Å². The Morgan fingerprint density at radius 1 is 1.36 bits per heavy atom. The summed E-state index contributed by atoms with van der Waals surface area (Å²) < 4.78 is 0. The van der Waals surface area contributed by atoms with Crippen molar-refractivity contribution in [2.24, 2.45) is 0 Å². The second kappa shape index (κ2) is 6.33. The molecule has 1 aromatic carbocycles. The molecule has 2 heterocycles. The fourth-order valence-electron chi connectivity index (χ4n) is 1.86. The molecule has 1 atom stereocenters. The first-order valence-electron chi connectivity index (χ1n) is 6.50. The minimum atomic E-state index is -0.333. The van der Waals surface area contributed by atoms with Crippen LogP contribution in [0, 0.1) is 0 Å². The Kier molecular flexibility index (Phi) is 4.26. The zero-order chi connectivity index (χ0) is 15.5. The van der Waals surface area contributed by atoms with Crippen LogP contribution in [-0.4, -0.2) is 31.1 Å². The molecule has 112 valence electrons. The number of benzene rings is 1. The Morgan fingerprint density at radius 3 is 3.05 bits per heavy atom. The fraction of sp³-hybridized carbons (Fsp3) is 0.143. The molecule has 0 radical (unpaired) electrons. The van der Waals surface area contributed by atoms with Crippen LogP contribution in [0.15, 0.2) is 41.9 Å². The molecule has 2 aromatic heterocycles. The van der Waals surface area contributed by atoms with Crippen molar-refractivity contribution < 1.29 is 4.79 Å². The number of amides is 1. The van der Waals surface area contributed by atoms with Gasteiger partial charge in [-0.2, -0.15) is 0 Å². The van der Waals surface area contributed by atoms with Gasteiger partial charge in [-0.05, 0) is 25.1 Å². The van der Waals surface area contributed by atoms with E-state index in [0.29, 0.717) is 21.4 Å². The van der Waals surface area contributed by atoms with Crippen LogP contribution in [0.5, 0.6) is 0 Å². The molecule has 0 spiro atoms. The standard InChI is InChI=1S/C14H12ClN5OS/c1-8(13(21)20-10-4-2-3-9(15)5-10)22-14-11-12(17-6-16-11)18-7-19-14/h2-8H,1H3,(H,20,21)(H,16,17,18,19)/t8-/m0/s1. The van der Waals surface area contributed by atoms with Crippen molar-refractivity contribution >= 4 is 46.1 Å². The van der Waals surface area contributed by atoms with Crippen LogP contribution in [0.1, 0.15) is 6.92 Å². The molecule has 6 nitrogen and oxygen atoms in total. The van der Waals surface area contributed by atoms with E-state index in [1.54, 1.807) is 30.6 Å². The lowest BCUT2D eigenvalue weighted by Crippen LogP contribution is -2.22. The number of hydrogen-bond acceptors (Lipinski definition) is 5. The van der Waals surface area contributed by atoms with Crippen molar-refractivity contribution in [3.05, 3.63) is 41.9 Å². The topological polar surface area (TPSA) is 83.6 Å². The Balaban J connectivity index is 1.72. The number of aromatic amines is 1. The van der Waals surface area contributed by atoms with Crippen molar-refractivity contribution in [2.75, 3.05) is 5.32 Å². The summed E-state index contributed by atoms with van der Waals surface area (Å²) in [6, 6.07) is 7.03. The smallest absolute Gasteiger partial charge is 0.237 e. The third kappa shape index (κ3) is 3.20. The predicted molar refractivity (Wildman–Crippen MR) is 87.1 cm³/mol. The molecule has 0 fully saturated rings. The minimum Gasteiger partial charge on any atom is -0.341 e. The predicted octanol–water partition coefficient (Wildman–Crippen LogP) is 3.13. The molecule has 3 aromatic rings. The quantitative estimate of drug-likeness (QED) is 0.566. The summed E-state index contributed by atoms with van der Waals surface area (Å²) in [6.07, 6.45) is 2.99. The highest BCUT2D eigenvalue weighted by Crippen LogP contribution is 2.27. The van der Waals surface area contributed by atoms with E-state index in [0.717, 1.165) is 5.52 Å². The summed E-state index contributed by atoms with van der Waals surface area (Å²) in [7, 11) is 0. The maximum atomic E-state index is 12.3. The monoisotopic (exact) mass is 333 g/mol. The zero-order valence-electron chi connectivity index (χ0n) is 11.6. The summed E-state index contributed by atoms with van der Waals surface area (Å²) in [5, 5.41) is 3.77. The van der Waals surface area contributed by atoms with Crippen molar-refractivity contribution in [3.8, 4) is 0 Å². The maximum absolute atomic E-state index is 12.3. The van der Waals surface area contributed by atoms with Crippen molar-refractivity contribution in [3.63, 3.8) is 0 Å². The first-order valence-corrected chi connectivity index (χ1v) is 7.76. The Hall–Kier alpha value is -2.12. The molecular formula is C14H12ClN5OS.